The number of likely N-dealkylation sites (N-methyl/N-ethyl adjacent to an activating group) is 1. The number of aryl methyl sites for hydroxylation is 2. The van der Waals surface area contributed by atoms with Gasteiger partial charge in [-0.05, 0) is 62.1 Å². The maximum absolute atomic E-state index is 13.7. The van der Waals surface area contributed by atoms with Gasteiger partial charge in [0.2, 0.25) is 10.0 Å². The Hall–Kier alpha value is -1.95. The van der Waals surface area contributed by atoms with Crippen LogP contribution in [-0.4, -0.2) is 50.8 Å². The smallest absolute Gasteiger partial charge is 0.243 e. The van der Waals surface area contributed by atoms with Gasteiger partial charge in [0.1, 0.15) is 0 Å². The molecule has 1 aliphatic heterocycles. The summed E-state index contributed by atoms with van der Waals surface area (Å²) in [5, 5.41) is 0. The molecule has 31 heavy (non-hydrogen) atoms. The predicted octanol–water partition coefficient (Wildman–Crippen LogP) is 5.36. The Labute approximate surface area is 188 Å². The van der Waals surface area contributed by atoms with Crippen LogP contribution in [0.3, 0.4) is 0 Å². The summed E-state index contributed by atoms with van der Waals surface area (Å²) in [4.78, 5) is 2.65. The van der Waals surface area contributed by atoms with Gasteiger partial charge in [0.15, 0.2) is 0 Å². The molecule has 0 aromatic heterocycles. The van der Waals surface area contributed by atoms with E-state index in [2.05, 4.69) is 49.6 Å². The largest absolute Gasteiger partial charge is 0.304 e. The number of unbranched alkanes of at least 4 members (excludes halogenated alkanes) is 2. The van der Waals surface area contributed by atoms with Crippen molar-refractivity contribution in [2.45, 2.75) is 51.3 Å². The number of hydrogen-bond donors (Lipinski definition) is 0. The fraction of sp³-hybridized carbons (Fsp3) is 0.462. The van der Waals surface area contributed by atoms with Gasteiger partial charge in [0.25, 0.3) is 0 Å². The molecule has 168 valence electrons. The second kappa shape index (κ2) is 10.1. The van der Waals surface area contributed by atoms with Gasteiger partial charge in [0, 0.05) is 26.2 Å². The van der Waals surface area contributed by atoms with Crippen LogP contribution in [0.2, 0.25) is 0 Å². The highest BCUT2D eigenvalue weighted by atomic mass is 32.2. The van der Waals surface area contributed by atoms with Crippen molar-refractivity contribution in [1.29, 1.82) is 0 Å². The van der Waals surface area contributed by atoms with Gasteiger partial charge in [-0.2, -0.15) is 4.31 Å². The second-order valence-electron chi connectivity index (χ2n) is 8.82. The van der Waals surface area contributed by atoms with Gasteiger partial charge in [-0.3, -0.25) is 0 Å². The molecule has 0 radical (unpaired) electrons. The third-order valence-electron chi connectivity index (χ3n) is 6.14. The van der Waals surface area contributed by atoms with Crippen LogP contribution < -0.4 is 0 Å². The van der Waals surface area contributed by atoms with Gasteiger partial charge in [0.05, 0.1) is 4.90 Å². The van der Waals surface area contributed by atoms with Crippen molar-refractivity contribution in [2.75, 3.05) is 33.2 Å². The molecular weight excluding hydrogens is 404 g/mol. The number of piperazine rings is 1. The summed E-state index contributed by atoms with van der Waals surface area (Å²) in [6.45, 7) is 13.0. The topological polar surface area (TPSA) is 40.6 Å². The number of nitrogens with zero attached hydrogens (tertiary/aromatic N) is 2. The van der Waals surface area contributed by atoms with E-state index >= 15 is 0 Å². The van der Waals surface area contributed by atoms with Gasteiger partial charge in [-0.1, -0.05) is 67.8 Å². The zero-order valence-electron chi connectivity index (χ0n) is 19.4. The number of benzene rings is 2. The molecule has 2 aromatic carbocycles. The molecule has 1 aliphatic rings. The van der Waals surface area contributed by atoms with E-state index in [0.29, 0.717) is 18.0 Å². The Morgan fingerprint density at radius 2 is 1.74 bits per heavy atom. The summed E-state index contributed by atoms with van der Waals surface area (Å²) >= 11 is 0. The molecule has 1 saturated heterocycles. The molecule has 1 fully saturated rings. The van der Waals surface area contributed by atoms with E-state index in [9.17, 15) is 8.42 Å². The standard InChI is InChI=1S/C26H36N2O2S/c1-6-7-8-9-22-11-12-23(25-18-21(4)10-13-24(25)20(2)3)19-26(22)31(29,30)28-16-14-27(5)15-17-28/h10-13,18-19H,2,6-9,14-17H2,1,3-5H3. The number of sulfonamides is 1. The summed E-state index contributed by atoms with van der Waals surface area (Å²) in [6.07, 6.45) is 4.01. The van der Waals surface area contributed by atoms with Crippen molar-refractivity contribution < 1.29 is 8.42 Å². The van der Waals surface area contributed by atoms with Crippen LogP contribution in [0.25, 0.3) is 16.7 Å². The molecule has 0 N–H and O–H groups in total. The first-order valence-electron chi connectivity index (χ1n) is 11.3. The highest BCUT2D eigenvalue weighted by molar-refractivity contribution is 7.89. The van der Waals surface area contributed by atoms with Gasteiger partial charge in [-0.15, -0.1) is 0 Å². The van der Waals surface area contributed by atoms with Crippen LogP contribution in [0.1, 0.15) is 49.8 Å². The summed E-state index contributed by atoms with van der Waals surface area (Å²) in [5.74, 6) is 0. The van der Waals surface area contributed by atoms with Gasteiger partial charge in [-0.25, -0.2) is 8.42 Å². The third kappa shape index (κ3) is 5.46. The average Bonchev–Trinajstić information content (AvgIpc) is 2.74. The first-order chi connectivity index (χ1) is 14.7. The summed E-state index contributed by atoms with van der Waals surface area (Å²) in [7, 11) is -1.50. The molecule has 0 aliphatic carbocycles. The Balaban J connectivity index is 2.10. The predicted molar refractivity (Wildman–Crippen MR) is 131 cm³/mol. The van der Waals surface area contributed by atoms with Crippen molar-refractivity contribution in [3.8, 4) is 11.1 Å². The molecule has 0 bridgehead atoms. The molecule has 0 saturated carbocycles. The maximum atomic E-state index is 13.7. The fourth-order valence-corrected chi connectivity index (χ4v) is 5.87. The van der Waals surface area contributed by atoms with Crippen LogP contribution >= 0.6 is 0 Å². The molecule has 0 amide bonds. The molecule has 4 nitrogen and oxygen atoms in total. The molecule has 1 heterocycles. The lowest BCUT2D eigenvalue weighted by Crippen LogP contribution is -2.47. The molecule has 0 atom stereocenters. The Kier molecular flexibility index (Phi) is 7.73. The van der Waals surface area contributed by atoms with Crippen molar-refractivity contribution in [1.82, 2.24) is 9.21 Å². The molecule has 5 heteroatoms. The van der Waals surface area contributed by atoms with E-state index in [1.54, 1.807) is 4.31 Å². The van der Waals surface area contributed by atoms with Crippen LogP contribution in [-0.2, 0) is 16.4 Å². The van der Waals surface area contributed by atoms with Crippen LogP contribution in [0.4, 0.5) is 0 Å². The lowest BCUT2D eigenvalue weighted by molar-refractivity contribution is 0.222. The summed E-state index contributed by atoms with van der Waals surface area (Å²) < 4.78 is 29.1. The van der Waals surface area contributed by atoms with Crippen molar-refractivity contribution in [3.63, 3.8) is 0 Å². The monoisotopic (exact) mass is 440 g/mol. The minimum atomic E-state index is -3.54. The number of rotatable bonds is 8. The quantitative estimate of drug-likeness (QED) is 0.519. The summed E-state index contributed by atoms with van der Waals surface area (Å²) in [5.41, 5.74) is 6.10. The highest BCUT2D eigenvalue weighted by Gasteiger charge is 2.29. The molecular formula is C26H36N2O2S. The van der Waals surface area contributed by atoms with Crippen LogP contribution in [0, 0.1) is 6.92 Å². The van der Waals surface area contributed by atoms with E-state index < -0.39 is 10.0 Å². The lowest BCUT2D eigenvalue weighted by Gasteiger charge is -2.32. The van der Waals surface area contributed by atoms with Crippen molar-refractivity contribution in [2.24, 2.45) is 0 Å². The third-order valence-corrected chi connectivity index (χ3v) is 8.12. The van der Waals surface area contributed by atoms with Crippen LogP contribution in [0.5, 0.6) is 0 Å². The van der Waals surface area contributed by atoms with Crippen LogP contribution in [0.15, 0.2) is 47.9 Å². The first kappa shape index (κ1) is 23.7. The van der Waals surface area contributed by atoms with E-state index in [1.165, 1.54) is 0 Å². The minimum absolute atomic E-state index is 0.472. The highest BCUT2D eigenvalue weighted by Crippen LogP contribution is 2.33. The molecule has 2 aromatic rings. The SMILES string of the molecule is C=C(C)c1ccc(C)cc1-c1ccc(CCCCC)c(S(=O)(=O)N2CCN(C)CC2)c1. The maximum Gasteiger partial charge on any atom is 0.243 e. The van der Waals surface area contributed by atoms with Crippen molar-refractivity contribution in [3.05, 3.63) is 59.7 Å². The zero-order valence-corrected chi connectivity index (χ0v) is 20.3. The molecule has 0 unspecified atom stereocenters. The lowest BCUT2D eigenvalue weighted by atomic mass is 9.93. The zero-order chi connectivity index (χ0) is 22.6. The normalized spacial score (nSPS) is 15.9. The minimum Gasteiger partial charge on any atom is -0.304 e. The Morgan fingerprint density at radius 1 is 1.03 bits per heavy atom. The number of hydrogen-bond acceptors (Lipinski definition) is 3. The molecule has 3 rings (SSSR count). The van der Waals surface area contributed by atoms with Gasteiger partial charge >= 0.3 is 0 Å². The average molecular weight is 441 g/mol. The van der Waals surface area contributed by atoms with E-state index in [0.717, 1.165) is 72.2 Å². The van der Waals surface area contributed by atoms with Crippen molar-refractivity contribution >= 4 is 15.6 Å². The van der Waals surface area contributed by atoms with E-state index in [1.807, 2.05) is 26.1 Å². The first-order valence-corrected chi connectivity index (χ1v) is 12.8. The van der Waals surface area contributed by atoms with E-state index in [-0.39, 0.29) is 0 Å². The fourth-order valence-electron chi connectivity index (χ4n) is 4.17. The second-order valence-corrected chi connectivity index (χ2v) is 10.7. The molecule has 0 spiro atoms. The van der Waals surface area contributed by atoms with E-state index in [4.69, 9.17) is 0 Å². The number of allylic oxidation sites excluding steroid dienone is 1. The Bertz CT molecular complexity index is 1040. The van der Waals surface area contributed by atoms with Gasteiger partial charge < -0.3 is 4.90 Å². The summed E-state index contributed by atoms with van der Waals surface area (Å²) in [6, 6.07) is 12.3. The Morgan fingerprint density at radius 3 is 2.39 bits per heavy atom.